The van der Waals surface area contributed by atoms with E-state index in [4.69, 9.17) is 0 Å². The van der Waals surface area contributed by atoms with Crippen LogP contribution in [0.5, 0.6) is 0 Å². The molecule has 37 heavy (non-hydrogen) atoms. The zero-order chi connectivity index (χ0) is 27.1. The van der Waals surface area contributed by atoms with E-state index in [2.05, 4.69) is 10.6 Å². The first kappa shape index (κ1) is 27.2. The van der Waals surface area contributed by atoms with E-state index in [0.717, 1.165) is 19.3 Å². The van der Waals surface area contributed by atoms with E-state index in [1.54, 1.807) is 0 Å². The molecule has 2 aliphatic carbocycles. The van der Waals surface area contributed by atoms with Crippen molar-refractivity contribution in [2.45, 2.75) is 83.1 Å². The van der Waals surface area contributed by atoms with Gasteiger partial charge in [0, 0.05) is 19.0 Å². The molecular formula is C25H34F3N5O4. The summed E-state index contributed by atoms with van der Waals surface area (Å²) in [4.78, 5) is 52.3. The van der Waals surface area contributed by atoms with Crippen LogP contribution in [0.1, 0.15) is 58.8 Å². The van der Waals surface area contributed by atoms with Gasteiger partial charge in [-0.25, -0.2) is 0 Å². The molecule has 12 heteroatoms. The van der Waals surface area contributed by atoms with Crippen molar-refractivity contribution in [3.05, 3.63) is 0 Å². The predicted molar refractivity (Wildman–Crippen MR) is 124 cm³/mol. The lowest BCUT2D eigenvalue weighted by Gasteiger charge is -2.37. The highest BCUT2D eigenvalue weighted by atomic mass is 19.4. The van der Waals surface area contributed by atoms with Crippen molar-refractivity contribution >= 4 is 23.6 Å². The van der Waals surface area contributed by atoms with Gasteiger partial charge in [-0.2, -0.15) is 18.4 Å². The number of amides is 4. The number of nitriles is 1. The summed E-state index contributed by atoms with van der Waals surface area (Å²) in [6.45, 7) is 4.64. The van der Waals surface area contributed by atoms with Gasteiger partial charge in [-0.1, -0.05) is 33.1 Å². The van der Waals surface area contributed by atoms with Crippen LogP contribution in [-0.4, -0.2) is 65.9 Å². The molecule has 2 aliphatic heterocycles. The molecule has 0 aromatic carbocycles. The Morgan fingerprint density at radius 3 is 2.41 bits per heavy atom. The topological polar surface area (TPSA) is 131 Å². The Hall–Kier alpha value is -2.84. The molecular weight excluding hydrogens is 491 g/mol. The molecule has 4 rings (SSSR count). The number of carbonyl (C=O) groups is 4. The number of hydrogen-bond donors (Lipinski definition) is 3. The molecule has 0 spiro atoms. The van der Waals surface area contributed by atoms with Crippen LogP contribution in [-0.2, 0) is 19.2 Å². The standard InChI is InChI=1S/C25H34F3N5O4/c1-24(2)16-12-33(22(36)18(13-6-4-3-5-7-13)32-23(37)25(26,27)28)19(17(16)24)21(35)31-15(11-29)10-14-8-9-30-20(14)34/h13-19H,3-10,12H2,1-2H3,(H,30,34)(H,31,35)(H,32,37)/t14-,15-,16-,17-,18-,19-/m0/s1. The van der Waals surface area contributed by atoms with Gasteiger partial charge < -0.3 is 20.9 Å². The highest BCUT2D eigenvalue weighted by Crippen LogP contribution is 2.65. The van der Waals surface area contributed by atoms with Crippen molar-refractivity contribution in [2.24, 2.45) is 29.1 Å². The molecule has 2 saturated heterocycles. The number of fused-ring (bicyclic) bond motifs is 1. The molecule has 3 N–H and O–H groups in total. The summed E-state index contributed by atoms with van der Waals surface area (Å²) in [6, 6.07) is -1.27. The first-order valence-electron chi connectivity index (χ1n) is 13.0. The van der Waals surface area contributed by atoms with E-state index in [1.807, 2.05) is 25.2 Å². The molecule has 204 valence electrons. The van der Waals surface area contributed by atoms with Gasteiger partial charge in [0.1, 0.15) is 18.1 Å². The number of likely N-dealkylation sites (tertiary alicyclic amines) is 1. The van der Waals surface area contributed by atoms with Crippen LogP contribution in [0.2, 0.25) is 0 Å². The Bertz CT molecular complexity index is 988. The monoisotopic (exact) mass is 525 g/mol. The van der Waals surface area contributed by atoms with Crippen LogP contribution in [0.15, 0.2) is 0 Å². The average Bonchev–Trinajstić information content (AvgIpc) is 3.20. The Morgan fingerprint density at radius 1 is 1.16 bits per heavy atom. The molecule has 6 atom stereocenters. The SMILES string of the molecule is CC1(C)[C@@H]2[C@@H](C(=O)N[C@H](C#N)C[C@@H]3CCNC3=O)N(C(=O)[C@@H](NC(=O)C(F)(F)F)C3CCCCC3)C[C@@H]21. The van der Waals surface area contributed by atoms with Crippen LogP contribution in [0.3, 0.4) is 0 Å². The van der Waals surface area contributed by atoms with E-state index < -0.39 is 53.9 Å². The molecule has 0 aromatic heterocycles. The highest BCUT2D eigenvalue weighted by molar-refractivity contribution is 5.94. The number of halogens is 3. The van der Waals surface area contributed by atoms with Crippen molar-refractivity contribution < 1.29 is 32.3 Å². The number of hydrogen-bond acceptors (Lipinski definition) is 5. The second-order valence-corrected chi connectivity index (χ2v) is 11.4. The van der Waals surface area contributed by atoms with Crippen LogP contribution in [0.4, 0.5) is 13.2 Å². The van der Waals surface area contributed by atoms with E-state index in [0.29, 0.717) is 25.8 Å². The minimum Gasteiger partial charge on any atom is -0.356 e. The Kier molecular flexibility index (Phi) is 7.45. The van der Waals surface area contributed by atoms with Gasteiger partial charge in [-0.3, -0.25) is 19.2 Å². The van der Waals surface area contributed by atoms with Crippen molar-refractivity contribution in [1.82, 2.24) is 20.9 Å². The second-order valence-electron chi connectivity index (χ2n) is 11.4. The number of nitrogens with zero attached hydrogens (tertiary/aromatic N) is 2. The van der Waals surface area contributed by atoms with E-state index in [-0.39, 0.29) is 36.1 Å². The second kappa shape index (κ2) is 10.1. The molecule has 0 aromatic rings. The summed E-state index contributed by atoms with van der Waals surface area (Å²) >= 11 is 0. The van der Waals surface area contributed by atoms with Gasteiger partial charge in [0.05, 0.1) is 6.07 Å². The molecule has 0 unspecified atom stereocenters. The van der Waals surface area contributed by atoms with E-state index in [9.17, 15) is 37.6 Å². The zero-order valence-electron chi connectivity index (χ0n) is 21.1. The van der Waals surface area contributed by atoms with Crippen molar-refractivity contribution in [1.29, 1.82) is 5.26 Å². The number of rotatable bonds is 7. The molecule has 2 saturated carbocycles. The summed E-state index contributed by atoms with van der Waals surface area (Å²) in [6.07, 6.45) is -1.01. The highest BCUT2D eigenvalue weighted by Gasteiger charge is 2.69. The fourth-order valence-electron chi connectivity index (χ4n) is 6.62. The summed E-state index contributed by atoms with van der Waals surface area (Å²) in [5.74, 6) is -4.65. The Morgan fingerprint density at radius 2 is 1.84 bits per heavy atom. The van der Waals surface area contributed by atoms with Crippen LogP contribution >= 0.6 is 0 Å². The Balaban J connectivity index is 1.53. The lowest BCUT2D eigenvalue weighted by Crippen LogP contribution is -2.59. The predicted octanol–water partition coefficient (Wildman–Crippen LogP) is 1.63. The quantitative estimate of drug-likeness (QED) is 0.465. The molecule has 2 heterocycles. The summed E-state index contributed by atoms with van der Waals surface area (Å²) in [5.41, 5.74) is -0.248. The average molecular weight is 526 g/mol. The van der Waals surface area contributed by atoms with Gasteiger partial charge in [0.15, 0.2) is 0 Å². The van der Waals surface area contributed by atoms with Crippen molar-refractivity contribution in [3.63, 3.8) is 0 Å². The molecule has 0 radical (unpaired) electrons. The summed E-state index contributed by atoms with van der Waals surface area (Å²) in [7, 11) is 0. The first-order valence-corrected chi connectivity index (χ1v) is 13.0. The van der Waals surface area contributed by atoms with Crippen LogP contribution < -0.4 is 16.0 Å². The maximum absolute atomic E-state index is 13.7. The van der Waals surface area contributed by atoms with Crippen molar-refractivity contribution in [3.8, 4) is 6.07 Å². The fourth-order valence-corrected chi connectivity index (χ4v) is 6.62. The minimum absolute atomic E-state index is 0.0151. The van der Waals surface area contributed by atoms with Gasteiger partial charge >= 0.3 is 12.1 Å². The normalized spacial score (nSPS) is 30.5. The maximum atomic E-state index is 13.7. The van der Waals surface area contributed by atoms with Crippen LogP contribution in [0, 0.1) is 40.4 Å². The molecule has 4 amide bonds. The Labute approximate surface area is 213 Å². The smallest absolute Gasteiger partial charge is 0.356 e. The third-order valence-electron chi connectivity index (χ3n) is 8.85. The van der Waals surface area contributed by atoms with Gasteiger partial charge in [-0.05, 0) is 48.9 Å². The maximum Gasteiger partial charge on any atom is 0.471 e. The lowest BCUT2D eigenvalue weighted by molar-refractivity contribution is -0.176. The lowest BCUT2D eigenvalue weighted by atomic mass is 9.83. The number of nitrogens with one attached hydrogen (secondary N) is 3. The minimum atomic E-state index is -5.13. The van der Waals surface area contributed by atoms with Crippen LogP contribution in [0.25, 0.3) is 0 Å². The van der Waals surface area contributed by atoms with Gasteiger partial charge in [0.2, 0.25) is 17.7 Å². The van der Waals surface area contributed by atoms with Gasteiger partial charge in [-0.15, -0.1) is 0 Å². The van der Waals surface area contributed by atoms with Gasteiger partial charge in [0.25, 0.3) is 0 Å². The van der Waals surface area contributed by atoms with E-state index in [1.165, 1.54) is 4.90 Å². The third-order valence-corrected chi connectivity index (χ3v) is 8.85. The number of alkyl halides is 3. The summed E-state index contributed by atoms with van der Waals surface area (Å²) < 4.78 is 39.3. The first-order chi connectivity index (χ1) is 17.4. The largest absolute Gasteiger partial charge is 0.471 e. The molecule has 4 aliphatic rings. The zero-order valence-corrected chi connectivity index (χ0v) is 21.1. The van der Waals surface area contributed by atoms with E-state index >= 15 is 0 Å². The molecule has 0 bridgehead atoms. The molecule has 9 nitrogen and oxygen atoms in total. The number of carbonyl (C=O) groups excluding carboxylic acids is 4. The third kappa shape index (κ3) is 5.41. The van der Waals surface area contributed by atoms with Crippen molar-refractivity contribution in [2.75, 3.05) is 13.1 Å². The molecule has 4 fully saturated rings. The fraction of sp³-hybridized carbons (Fsp3) is 0.800. The number of piperidine rings is 1. The summed E-state index contributed by atoms with van der Waals surface area (Å²) in [5, 5.41) is 16.9.